The van der Waals surface area contributed by atoms with Crippen molar-refractivity contribution in [1.82, 2.24) is 9.55 Å². The van der Waals surface area contributed by atoms with Crippen LogP contribution in [0.3, 0.4) is 0 Å². The molecule has 0 amide bonds. The van der Waals surface area contributed by atoms with Gasteiger partial charge in [0.2, 0.25) is 0 Å². The van der Waals surface area contributed by atoms with E-state index in [2.05, 4.69) is 4.98 Å². The van der Waals surface area contributed by atoms with Gasteiger partial charge in [-0.2, -0.15) is 13.2 Å². The van der Waals surface area contributed by atoms with Crippen molar-refractivity contribution in [2.75, 3.05) is 0 Å². The molecular formula is C12H10ClF3N2S. The standard InChI is InChI=1S/C12H10ClF3N2S/c1-2-7-6-17-11(19)18(7)10-8(12(14,15)16)4-3-5-9(10)13/h3-6H,2H2,1H3,(H,17,19). The van der Waals surface area contributed by atoms with Crippen molar-refractivity contribution in [3.63, 3.8) is 0 Å². The molecule has 1 heterocycles. The Morgan fingerprint density at radius 2 is 2.05 bits per heavy atom. The highest BCUT2D eigenvalue weighted by molar-refractivity contribution is 7.71. The van der Waals surface area contributed by atoms with Gasteiger partial charge in [-0.25, -0.2) is 0 Å². The van der Waals surface area contributed by atoms with Crippen LogP contribution in [0.1, 0.15) is 18.2 Å². The van der Waals surface area contributed by atoms with Crippen LogP contribution >= 0.6 is 23.8 Å². The molecule has 0 bridgehead atoms. The SMILES string of the molecule is CCc1c[nH]c(=S)n1-c1c(Cl)cccc1C(F)(F)F. The number of aromatic amines is 1. The molecule has 0 spiro atoms. The molecule has 0 atom stereocenters. The van der Waals surface area contributed by atoms with E-state index in [1.807, 2.05) is 6.92 Å². The van der Waals surface area contributed by atoms with Crippen LogP contribution in [0, 0.1) is 4.77 Å². The Kier molecular flexibility index (Phi) is 3.73. The van der Waals surface area contributed by atoms with Gasteiger partial charge in [-0.1, -0.05) is 24.6 Å². The van der Waals surface area contributed by atoms with Crippen molar-refractivity contribution in [2.45, 2.75) is 19.5 Å². The Hall–Kier alpha value is -1.27. The number of para-hydroxylation sites is 1. The number of rotatable bonds is 2. The third-order valence-electron chi connectivity index (χ3n) is 2.73. The molecule has 19 heavy (non-hydrogen) atoms. The van der Waals surface area contributed by atoms with E-state index in [1.165, 1.54) is 16.7 Å². The quantitative estimate of drug-likeness (QED) is 0.793. The van der Waals surface area contributed by atoms with Gasteiger partial charge in [0, 0.05) is 11.9 Å². The summed E-state index contributed by atoms with van der Waals surface area (Å²) in [6.07, 6.45) is -2.36. The van der Waals surface area contributed by atoms with E-state index in [9.17, 15) is 13.2 Å². The van der Waals surface area contributed by atoms with Crippen molar-refractivity contribution in [1.29, 1.82) is 0 Å². The van der Waals surface area contributed by atoms with Crippen LogP contribution in [-0.2, 0) is 12.6 Å². The number of nitrogens with one attached hydrogen (secondary N) is 1. The maximum Gasteiger partial charge on any atom is 0.418 e. The number of nitrogens with zero attached hydrogens (tertiary/aromatic N) is 1. The lowest BCUT2D eigenvalue weighted by Gasteiger charge is -2.16. The average molecular weight is 307 g/mol. The minimum absolute atomic E-state index is 0.0141. The number of benzene rings is 1. The molecule has 1 aromatic carbocycles. The lowest BCUT2D eigenvalue weighted by atomic mass is 10.1. The zero-order valence-corrected chi connectivity index (χ0v) is 11.5. The third-order valence-corrected chi connectivity index (χ3v) is 3.34. The summed E-state index contributed by atoms with van der Waals surface area (Å²) in [4.78, 5) is 2.74. The first-order chi connectivity index (χ1) is 8.86. The Labute approximate surface area is 117 Å². The van der Waals surface area contributed by atoms with Crippen LogP contribution in [0.25, 0.3) is 5.69 Å². The second kappa shape index (κ2) is 5.02. The Morgan fingerprint density at radius 1 is 1.37 bits per heavy atom. The molecule has 1 aromatic heterocycles. The van der Waals surface area contributed by atoms with E-state index in [4.69, 9.17) is 23.8 Å². The molecule has 0 aliphatic carbocycles. The maximum absolute atomic E-state index is 13.1. The van der Waals surface area contributed by atoms with Crippen molar-refractivity contribution in [3.05, 3.63) is 45.4 Å². The van der Waals surface area contributed by atoms with Gasteiger partial charge in [0.15, 0.2) is 4.77 Å². The number of hydrogen-bond acceptors (Lipinski definition) is 1. The molecule has 2 nitrogen and oxygen atoms in total. The van der Waals surface area contributed by atoms with Gasteiger partial charge in [0.1, 0.15) is 0 Å². The summed E-state index contributed by atoms with van der Waals surface area (Å²) in [6.45, 7) is 1.83. The average Bonchev–Trinajstić information content (AvgIpc) is 2.69. The number of aromatic nitrogens is 2. The molecule has 2 rings (SSSR count). The monoisotopic (exact) mass is 306 g/mol. The Balaban J connectivity index is 2.82. The van der Waals surface area contributed by atoms with E-state index < -0.39 is 11.7 Å². The van der Waals surface area contributed by atoms with Crippen LogP contribution in [0.4, 0.5) is 13.2 Å². The van der Waals surface area contributed by atoms with Crippen LogP contribution in [0.2, 0.25) is 5.02 Å². The first-order valence-electron chi connectivity index (χ1n) is 5.51. The summed E-state index contributed by atoms with van der Waals surface area (Å²) in [5.41, 5.74) is -0.284. The first-order valence-corrected chi connectivity index (χ1v) is 6.30. The van der Waals surface area contributed by atoms with E-state index in [-0.39, 0.29) is 15.5 Å². The first kappa shape index (κ1) is 14.1. The number of imidazole rings is 1. The van der Waals surface area contributed by atoms with Crippen molar-refractivity contribution >= 4 is 23.8 Å². The fourth-order valence-electron chi connectivity index (χ4n) is 1.88. The Bertz CT molecular complexity index is 658. The topological polar surface area (TPSA) is 20.7 Å². The van der Waals surface area contributed by atoms with Gasteiger partial charge >= 0.3 is 6.18 Å². The van der Waals surface area contributed by atoms with Crippen LogP contribution in [0.5, 0.6) is 0 Å². The molecule has 0 aliphatic rings. The molecular weight excluding hydrogens is 297 g/mol. The van der Waals surface area contributed by atoms with Gasteiger partial charge in [-0.3, -0.25) is 4.57 Å². The number of alkyl halides is 3. The maximum atomic E-state index is 13.1. The summed E-state index contributed by atoms with van der Waals surface area (Å²) in [6, 6.07) is 3.69. The largest absolute Gasteiger partial charge is 0.418 e. The second-order valence-electron chi connectivity index (χ2n) is 3.91. The smallest absolute Gasteiger partial charge is 0.337 e. The highest BCUT2D eigenvalue weighted by Crippen LogP contribution is 2.37. The molecule has 102 valence electrons. The minimum atomic E-state index is -4.49. The van der Waals surface area contributed by atoms with E-state index in [0.29, 0.717) is 12.1 Å². The molecule has 0 saturated heterocycles. The minimum Gasteiger partial charge on any atom is -0.337 e. The predicted octanol–water partition coefficient (Wildman–Crippen LogP) is 4.77. The predicted molar refractivity (Wildman–Crippen MR) is 70.3 cm³/mol. The van der Waals surface area contributed by atoms with Gasteiger partial charge in [-0.05, 0) is 30.8 Å². The fourth-order valence-corrected chi connectivity index (χ4v) is 2.41. The summed E-state index contributed by atoms with van der Waals surface area (Å²) < 4.78 is 40.7. The second-order valence-corrected chi connectivity index (χ2v) is 4.70. The molecule has 2 aromatic rings. The molecule has 1 N–H and O–H groups in total. The van der Waals surface area contributed by atoms with E-state index in [0.717, 1.165) is 6.07 Å². The van der Waals surface area contributed by atoms with Gasteiger partial charge in [0.05, 0.1) is 16.3 Å². The number of halogens is 4. The molecule has 0 unspecified atom stereocenters. The number of hydrogen-bond donors (Lipinski definition) is 1. The normalized spacial score (nSPS) is 11.8. The summed E-state index contributed by atoms with van der Waals surface area (Å²) in [5, 5.41) is 0.0141. The van der Waals surface area contributed by atoms with Crippen molar-refractivity contribution in [2.24, 2.45) is 0 Å². The molecule has 0 fully saturated rings. The third kappa shape index (κ3) is 2.55. The highest BCUT2D eigenvalue weighted by Gasteiger charge is 2.35. The summed E-state index contributed by atoms with van der Waals surface area (Å²) in [5.74, 6) is 0. The van der Waals surface area contributed by atoms with E-state index >= 15 is 0 Å². The molecule has 7 heteroatoms. The summed E-state index contributed by atoms with van der Waals surface area (Å²) >= 11 is 11.0. The zero-order valence-electron chi connectivity index (χ0n) is 9.88. The zero-order chi connectivity index (χ0) is 14.2. The molecule has 0 saturated carbocycles. The van der Waals surface area contributed by atoms with Gasteiger partial charge < -0.3 is 4.98 Å². The van der Waals surface area contributed by atoms with Crippen molar-refractivity contribution < 1.29 is 13.2 Å². The van der Waals surface area contributed by atoms with Gasteiger partial charge in [-0.15, -0.1) is 0 Å². The lowest BCUT2D eigenvalue weighted by molar-refractivity contribution is -0.137. The molecule has 0 radical (unpaired) electrons. The van der Waals surface area contributed by atoms with Crippen LogP contribution in [-0.4, -0.2) is 9.55 Å². The van der Waals surface area contributed by atoms with Crippen LogP contribution in [0.15, 0.2) is 24.4 Å². The van der Waals surface area contributed by atoms with Crippen LogP contribution < -0.4 is 0 Å². The molecule has 0 aliphatic heterocycles. The van der Waals surface area contributed by atoms with Crippen molar-refractivity contribution in [3.8, 4) is 5.69 Å². The lowest BCUT2D eigenvalue weighted by Crippen LogP contribution is -2.12. The number of aryl methyl sites for hydroxylation is 1. The van der Waals surface area contributed by atoms with Gasteiger partial charge in [0.25, 0.3) is 0 Å². The highest BCUT2D eigenvalue weighted by atomic mass is 35.5. The van der Waals surface area contributed by atoms with E-state index in [1.54, 1.807) is 6.20 Å². The summed E-state index contributed by atoms with van der Waals surface area (Å²) in [7, 11) is 0. The number of H-pyrrole nitrogens is 1. The Morgan fingerprint density at radius 3 is 2.63 bits per heavy atom. The fraction of sp³-hybridized carbons (Fsp3) is 0.250.